The topological polar surface area (TPSA) is 64.8 Å². The maximum atomic E-state index is 15.5. The summed E-state index contributed by atoms with van der Waals surface area (Å²) in [6.07, 6.45) is -0.529. The summed E-state index contributed by atoms with van der Waals surface area (Å²) in [6, 6.07) is 7.83. The number of nitrogens with zero attached hydrogens (tertiary/aromatic N) is 1. The molecule has 0 aliphatic carbocycles. The van der Waals surface area contributed by atoms with Crippen LogP contribution >= 0.6 is 0 Å². The van der Waals surface area contributed by atoms with Crippen molar-refractivity contribution in [2.24, 2.45) is 5.73 Å². The number of amides is 1. The second-order valence-electron chi connectivity index (χ2n) is 9.33. The Kier molecular flexibility index (Phi) is 9.35. The predicted octanol–water partition coefficient (Wildman–Crippen LogP) is 5.76. The molecule has 1 saturated heterocycles. The zero-order valence-electron chi connectivity index (χ0n) is 20.7. The number of benzene rings is 2. The van der Waals surface area contributed by atoms with E-state index in [1.165, 1.54) is 12.1 Å². The molecule has 0 bridgehead atoms. The van der Waals surface area contributed by atoms with Gasteiger partial charge in [-0.2, -0.15) is 13.2 Å². The zero-order chi connectivity index (χ0) is 26.3. The highest BCUT2D eigenvalue weighted by atomic mass is 19.4. The van der Waals surface area contributed by atoms with E-state index in [4.69, 9.17) is 15.2 Å². The Labute approximate surface area is 209 Å². The average Bonchev–Trinajstić information content (AvgIpc) is 2.83. The van der Waals surface area contributed by atoms with Gasteiger partial charge in [-0.3, -0.25) is 4.79 Å². The third kappa shape index (κ3) is 6.56. The quantitative estimate of drug-likeness (QED) is 0.237. The molecule has 3 rings (SSSR count). The van der Waals surface area contributed by atoms with Gasteiger partial charge in [0.25, 0.3) is 0 Å². The first kappa shape index (κ1) is 27.9. The van der Waals surface area contributed by atoms with Crippen LogP contribution in [0.4, 0.5) is 17.6 Å². The van der Waals surface area contributed by atoms with Gasteiger partial charge in [-0.25, -0.2) is 4.39 Å². The summed E-state index contributed by atoms with van der Waals surface area (Å²) >= 11 is 0. The minimum atomic E-state index is -4.63. The number of hydrogen-bond acceptors (Lipinski definition) is 4. The number of alkyl halides is 3. The van der Waals surface area contributed by atoms with Crippen molar-refractivity contribution in [3.63, 3.8) is 0 Å². The normalized spacial score (nSPS) is 19.2. The van der Waals surface area contributed by atoms with Crippen LogP contribution < -0.4 is 10.5 Å². The van der Waals surface area contributed by atoms with Gasteiger partial charge in [0, 0.05) is 43.8 Å². The number of unbranched alkanes of at least 4 members (excludes halogenated alkanes) is 1. The molecule has 1 aliphatic rings. The van der Waals surface area contributed by atoms with Crippen LogP contribution in [-0.4, -0.2) is 50.3 Å². The number of rotatable bonds is 11. The van der Waals surface area contributed by atoms with Crippen LogP contribution in [0.15, 0.2) is 36.4 Å². The van der Waals surface area contributed by atoms with Crippen LogP contribution in [0, 0.1) is 5.82 Å². The fourth-order valence-corrected chi connectivity index (χ4v) is 5.16. The van der Waals surface area contributed by atoms with Gasteiger partial charge < -0.3 is 20.1 Å². The van der Waals surface area contributed by atoms with Crippen molar-refractivity contribution in [2.75, 3.05) is 33.4 Å². The van der Waals surface area contributed by atoms with E-state index >= 15 is 4.39 Å². The fraction of sp³-hybridized carbons (Fsp3) is 0.519. The van der Waals surface area contributed by atoms with Gasteiger partial charge in [0.1, 0.15) is 11.6 Å². The van der Waals surface area contributed by atoms with Crippen LogP contribution in [0.5, 0.6) is 5.75 Å². The molecule has 1 aliphatic heterocycles. The molecule has 2 aromatic rings. The first-order chi connectivity index (χ1) is 17.1. The predicted molar refractivity (Wildman–Crippen MR) is 130 cm³/mol. The molecule has 2 unspecified atom stereocenters. The van der Waals surface area contributed by atoms with Crippen molar-refractivity contribution in [1.82, 2.24) is 4.90 Å². The Morgan fingerprint density at radius 1 is 1.22 bits per heavy atom. The van der Waals surface area contributed by atoms with Crippen molar-refractivity contribution in [3.8, 4) is 16.9 Å². The Morgan fingerprint density at radius 2 is 2.00 bits per heavy atom. The van der Waals surface area contributed by atoms with Crippen molar-refractivity contribution in [3.05, 3.63) is 53.3 Å². The number of carbonyl (C=O) groups is 1. The van der Waals surface area contributed by atoms with Gasteiger partial charge in [-0.1, -0.05) is 18.6 Å². The number of piperidine rings is 1. The molecule has 2 aromatic carbocycles. The minimum absolute atomic E-state index is 0.0143. The summed E-state index contributed by atoms with van der Waals surface area (Å²) < 4.78 is 67.2. The minimum Gasteiger partial charge on any atom is -0.494 e. The summed E-state index contributed by atoms with van der Waals surface area (Å²) in [5.41, 5.74) is 5.84. The maximum Gasteiger partial charge on any atom is 0.416 e. The molecular formula is C27H34F4N2O3. The SMILES string of the molecule is CCOc1cc(-c2c(F)cccc2C(CCCCOC)C2(N)CCCN(C=O)C2)cc(C(F)(F)F)c1. The van der Waals surface area contributed by atoms with Crippen LogP contribution in [-0.2, 0) is 15.7 Å². The summed E-state index contributed by atoms with van der Waals surface area (Å²) in [6.45, 7) is 3.26. The van der Waals surface area contributed by atoms with E-state index in [-0.39, 0.29) is 30.0 Å². The average molecular weight is 511 g/mol. The molecule has 1 heterocycles. The summed E-state index contributed by atoms with van der Waals surface area (Å²) in [4.78, 5) is 13.2. The Balaban J connectivity index is 2.16. The number of nitrogens with two attached hydrogens (primary N) is 1. The Bertz CT molecular complexity index is 1030. The van der Waals surface area contributed by atoms with E-state index in [0.29, 0.717) is 38.0 Å². The van der Waals surface area contributed by atoms with Crippen LogP contribution in [0.3, 0.4) is 0 Å². The molecule has 198 valence electrons. The van der Waals surface area contributed by atoms with Crippen molar-refractivity contribution in [1.29, 1.82) is 0 Å². The van der Waals surface area contributed by atoms with E-state index in [1.807, 2.05) is 0 Å². The first-order valence-electron chi connectivity index (χ1n) is 12.2. The van der Waals surface area contributed by atoms with E-state index in [1.54, 1.807) is 31.1 Å². The second-order valence-corrected chi connectivity index (χ2v) is 9.33. The van der Waals surface area contributed by atoms with Crippen LogP contribution in [0.25, 0.3) is 11.1 Å². The number of hydrogen-bond donors (Lipinski definition) is 1. The van der Waals surface area contributed by atoms with Crippen molar-refractivity contribution in [2.45, 2.75) is 56.7 Å². The van der Waals surface area contributed by atoms with Gasteiger partial charge in [-0.15, -0.1) is 0 Å². The monoisotopic (exact) mass is 510 g/mol. The molecule has 0 saturated carbocycles. The standard InChI is InChI=1S/C27H34F4N2O3/c1-3-36-21-15-19(14-20(16-21)27(29,30)31)25-22(8-6-10-24(25)28)23(9-4-5-13-35-2)26(32)11-7-12-33(17-26)18-34/h6,8,10,14-16,18,23H,3-5,7,9,11-13,17,32H2,1-2H3. The largest absolute Gasteiger partial charge is 0.494 e. The summed E-state index contributed by atoms with van der Waals surface area (Å²) in [5, 5.41) is 0. The van der Waals surface area contributed by atoms with Crippen molar-refractivity contribution < 1.29 is 31.8 Å². The van der Waals surface area contributed by atoms with E-state index < -0.39 is 29.0 Å². The molecule has 0 radical (unpaired) electrons. The number of halogens is 4. The molecule has 36 heavy (non-hydrogen) atoms. The highest BCUT2D eigenvalue weighted by Gasteiger charge is 2.41. The molecule has 1 amide bonds. The smallest absolute Gasteiger partial charge is 0.416 e. The molecule has 2 atom stereocenters. The lowest BCUT2D eigenvalue weighted by Gasteiger charge is -2.45. The zero-order valence-corrected chi connectivity index (χ0v) is 20.7. The third-order valence-electron chi connectivity index (χ3n) is 6.77. The highest BCUT2D eigenvalue weighted by molar-refractivity contribution is 5.71. The van der Waals surface area contributed by atoms with Crippen molar-refractivity contribution >= 4 is 6.41 Å². The van der Waals surface area contributed by atoms with Gasteiger partial charge >= 0.3 is 6.18 Å². The molecular weight excluding hydrogens is 476 g/mol. The number of carbonyl (C=O) groups excluding carboxylic acids is 1. The molecule has 5 nitrogen and oxygen atoms in total. The van der Waals surface area contributed by atoms with Gasteiger partial charge in [0.15, 0.2) is 0 Å². The molecule has 1 fully saturated rings. The van der Waals surface area contributed by atoms with Gasteiger partial charge in [0.05, 0.1) is 12.2 Å². The lowest BCUT2D eigenvalue weighted by Crippen LogP contribution is -2.57. The molecule has 2 N–H and O–H groups in total. The highest BCUT2D eigenvalue weighted by Crippen LogP contribution is 2.44. The van der Waals surface area contributed by atoms with Crippen LogP contribution in [0.1, 0.15) is 56.1 Å². The summed E-state index contributed by atoms with van der Waals surface area (Å²) in [5.74, 6) is -1.02. The maximum absolute atomic E-state index is 15.5. The lowest BCUT2D eigenvalue weighted by molar-refractivity contribution is -0.137. The lowest BCUT2D eigenvalue weighted by atomic mass is 9.71. The fourth-order valence-electron chi connectivity index (χ4n) is 5.16. The molecule has 9 heteroatoms. The molecule has 0 spiro atoms. The Hall–Kier alpha value is -2.65. The molecule has 0 aromatic heterocycles. The third-order valence-corrected chi connectivity index (χ3v) is 6.77. The summed E-state index contributed by atoms with van der Waals surface area (Å²) in [7, 11) is 1.61. The Morgan fingerprint density at radius 3 is 2.67 bits per heavy atom. The first-order valence-corrected chi connectivity index (χ1v) is 12.2. The van der Waals surface area contributed by atoms with Gasteiger partial charge in [0.2, 0.25) is 6.41 Å². The van der Waals surface area contributed by atoms with Gasteiger partial charge in [-0.05, 0) is 68.0 Å². The number of methoxy groups -OCH3 is 1. The van der Waals surface area contributed by atoms with E-state index in [9.17, 15) is 18.0 Å². The second kappa shape index (κ2) is 12.1. The van der Waals surface area contributed by atoms with E-state index in [2.05, 4.69) is 0 Å². The van der Waals surface area contributed by atoms with E-state index in [0.717, 1.165) is 31.4 Å². The number of likely N-dealkylation sites (tertiary alicyclic amines) is 1. The number of ether oxygens (including phenoxy) is 2. The van der Waals surface area contributed by atoms with Crippen LogP contribution in [0.2, 0.25) is 0 Å².